The molecule has 2 aromatic rings. The predicted molar refractivity (Wildman–Crippen MR) is 99.9 cm³/mol. The summed E-state index contributed by atoms with van der Waals surface area (Å²) in [5, 5.41) is 0. The molecule has 0 radical (unpaired) electrons. The molecular weight excluding hydrogens is 370 g/mol. The van der Waals surface area contributed by atoms with Crippen LogP contribution in [0.3, 0.4) is 0 Å². The molecule has 2 heterocycles. The van der Waals surface area contributed by atoms with Crippen molar-refractivity contribution in [1.29, 1.82) is 0 Å². The Hall–Kier alpha value is -1.99. The smallest absolute Gasteiger partial charge is 0.206 e. The second-order valence-corrected chi connectivity index (χ2v) is 9.42. The second kappa shape index (κ2) is 6.56. The highest BCUT2D eigenvalue weighted by atomic mass is 32.2. The standard InChI is InChI=1S/C20H22F2N2O2S/c1-23-9-7-15-16-11-13(4-6-19(16)24(2)20(15)8-10-23)27(25,26)14-3-5-17(21)18(22)12-14/h3-6,11-12,15,20H,7-10H2,1-2H3/t15-,20-/m1/s1. The van der Waals surface area contributed by atoms with Gasteiger partial charge in [-0.2, -0.15) is 0 Å². The van der Waals surface area contributed by atoms with E-state index < -0.39 is 21.5 Å². The molecule has 2 aliphatic rings. The average Bonchev–Trinajstić information content (AvgIpc) is 2.77. The number of hydrogen-bond donors (Lipinski definition) is 0. The summed E-state index contributed by atoms with van der Waals surface area (Å²) in [5.41, 5.74) is 2.08. The van der Waals surface area contributed by atoms with E-state index in [9.17, 15) is 17.2 Å². The van der Waals surface area contributed by atoms with E-state index in [4.69, 9.17) is 0 Å². The van der Waals surface area contributed by atoms with Crippen molar-refractivity contribution in [2.45, 2.75) is 34.6 Å². The van der Waals surface area contributed by atoms with Gasteiger partial charge in [-0.1, -0.05) is 0 Å². The molecule has 0 amide bonds. The Morgan fingerprint density at radius 1 is 0.926 bits per heavy atom. The lowest BCUT2D eigenvalue weighted by Crippen LogP contribution is -2.31. The van der Waals surface area contributed by atoms with Gasteiger partial charge in [0.05, 0.1) is 9.79 Å². The van der Waals surface area contributed by atoms with E-state index in [2.05, 4.69) is 23.9 Å². The molecular formula is C20H22F2N2O2S. The summed E-state index contributed by atoms with van der Waals surface area (Å²) in [7, 11) is 0.246. The first-order valence-electron chi connectivity index (χ1n) is 9.04. The Morgan fingerprint density at radius 2 is 1.59 bits per heavy atom. The van der Waals surface area contributed by atoms with Crippen molar-refractivity contribution in [2.75, 3.05) is 32.1 Å². The molecule has 0 unspecified atom stereocenters. The summed E-state index contributed by atoms with van der Waals surface area (Å²) in [6, 6.07) is 8.17. The zero-order valence-corrected chi connectivity index (χ0v) is 16.1. The Morgan fingerprint density at radius 3 is 2.33 bits per heavy atom. The summed E-state index contributed by atoms with van der Waals surface area (Å²) in [6.07, 6.45) is 1.99. The first-order chi connectivity index (χ1) is 12.8. The lowest BCUT2D eigenvalue weighted by molar-refractivity contribution is 0.345. The molecule has 4 rings (SSSR count). The van der Waals surface area contributed by atoms with Crippen molar-refractivity contribution in [1.82, 2.24) is 4.90 Å². The zero-order valence-electron chi connectivity index (χ0n) is 15.3. The summed E-state index contributed by atoms with van der Waals surface area (Å²) < 4.78 is 52.6. The van der Waals surface area contributed by atoms with Crippen molar-refractivity contribution >= 4 is 15.5 Å². The van der Waals surface area contributed by atoms with E-state index in [1.54, 1.807) is 12.1 Å². The minimum absolute atomic E-state index is 0.124. The van der Waals surface area contributed by atoms with Crippen molar-refractivity contribution in [3.05, 3.63) is 53.6 Å². The van der Waals surface area contributed by atoms with Crippen molar-refractivity contribution in [2.24, 2.45) is 0 Å². The van der Waals surface area contributed by atoms with Gasteiger partial charge in [-0.05, 0) is 74.9 Å². The maximum Gasteiger partial charge on any atom is 0.206 e. The lowest BCUT2D eigenvalue weighted by Gasteiger charge is -2.25. The number of anilines is 1. The molecule has 0 aromatic heterocycles. The first-order valence-corrected chi connectivity index (χ1v) is 10.5. The van der Waals surface area contributed by atoms with Crippen LogP contribution in [0, 0.1) is 11.6 Å². The third-order valence-electron chi connectivity index (χ3n) is 5.88. The highest BCUT2D eigenvalue weighted by Gasteiger charge is 2.38. The normalized spacial score (nSPS) is 23.0. The Bertz CT molecular complexity index is 993. The third-order valence-corrected chi connectivity index (χ3v) is 7.63. The topological polar surface area (TPSA) is 40.6 Å². The van der Waals surface area contributed by atoms with Crippen LogP contribution in [0.25, 0.3) is 0 Å². The van der Waals surface area contributed by atoms with Gasteiger partial charge in [-0.15, -0.1) is 0 Å². The van der Waals surface area contributed by atoms with Crippen LogP contribution in [0.2, 0.25) is 0 Å². The number of nitrogens with zero attached hydrogens (tertiary/aromatic N) is 2. The Labute approximate surface area is 158 Å². The summed E-state index contributed by atoms with van der Waals surface area (Å²) in [4.78, 5) is 4.43. The van der Waals surface area contributed by atoms with Crippen molar-refractivity contribution in [3.63, 3.8) is 0 Å². The van der Waals surface area contributed by atoms with Gasteiger partial charge in [-0.25, -0.2) is 17.2 Å². The number of likely N-dealkylation sites (N-methyl/N-ethyl adjacent to an activating group) is 1. The number of rotatable bonds is 2. The minimum atomic E-state index is -3.91. The van der Waals surface area contributed by atoms with Gasteiger partial charge >= 0.3 is 0 Å². The number of sulfone groups is 1. The second-order valence-electron chi connectivity index (χ2n) is 7.47. The SMILES string of the molecule is CN1CC[C@@H]2c3cc(S(=O)(=O)c4ccc(F)c(F)c4)ccc3N(C)[C@@H]2CC1. The molecule has 144 valence electrons. The maximum atomic E-state index is 13.5. The molecule has 2 atom stereocenters. The van der Waals surface area contributed by atoms with E-state index in [1.807, 2.05) is 6.07 Å². The fourth-order valence-electron chi connectivity index (χ4n) is 4.32. The van der Waals surface area contributed by atoms with Crippen LogP contribution in [0.4, 0.5) is 14.5 Å². The van der Waals surface area contributed by atoms with Gasteiger partial charge in [0.15, 0.2) is 11.6 Å². The summed E-state index contributed by atoms with van der Waals surface area (Å²) in [5.74, 6) is -1.95. The van der Waals surface area contributed by atoms with E-state index in [-0.39, 0.29) is 15.7 Å². The first kappa shape index (κ1) is 18.4. The van der Waals surface area contributed by atoms with Gasteiger partial charge < -0.3 is 9.80 Å². The van der Waals surface area contributed by atoms with Gasteiger partial charge in [-0.3, -0.25) is 0 Å². The Balaban J connectivity index is 1.76. The number of likely N-dealkylation sites (tertiary alicyclic amines) is 1. The average molecular weight is 392 g/mol. The van der Waals surface area contributed by atoms with Crippen LogP contribution in [0.15, 0.2) is 46.2 Å². The number of halogens is 2. The molecule has 0 bridgehead atoms. The molecule has 0 spiro atoms. The van der Waals surface area contributed by atoms with Crippen LogP contribution in [0.1, 0.15) is 24.3 Å². The number of hydrogen-bond acceptors (Lipinski definition) is 4. The molecule has 2 aromatic carbocycles. The monoisotopic (exact) mass is 392 g/mol. The molecule has 27 heavy (non-hydrogen) atoms. The van der Waals surface area contributed by atoms with Gasteiger partial charge in [0, 0.05) is 24.7 Å². The zero-order chi connectivity index (χ0) is 19.3. The van der Waals surface area contributed by atoms with Crippen LogP contribution in [-0.4, -0.2) is 46.5 Å². The summed E-state index contributed by atoms with van der Waals surface area (Å²) >= 11 is 0. The van der Waals surface area contributed by atoms with E-state index in [1.165, 1.54) is 0 Å². The summed E-state index contributed by atoms with van der Waals surface area (Å²) in [6.45, 7) is 1.98. The molecule has 1 fully saturated rings. The van der Waals surface area contributed by atoms with E-state index in [0.29, 0.717) is 6.04 Å². The van der Waals surface area contributed by atoms with E-state index in [0.717, 1.165) is 55.4 Å². The molecule has 0 saturated carbocycles. The Kier molecular flexibility index (Phi) is 4.47. The predicted octanol–water partition coefficient (Wildman–Crippen LogP) is 3.43. The van der Waals surface area contributed by atoms with Crippen molar-refractivity contribution in [3.8, 4) is 0 Å². The molecule has 0 N–H and O–H groups in total. The van der Waals surface area contributed by atoms with Crippen LogP contribution >= 0.6 is 0 Å². The highest BCUT2D eigenvalue weighted by molar-refractivity contribution is 7.91. The van der Waals surface area contributed by atoms with Crippen LogP contribution < -0.4 is 4.90 Å². The molecule has 4 nitrogen and oxygen atoms in total. The fourth-order valence-corrected chi connectivity index (χ4v) is 5.63. The van der Waals surface area contributed by atoms with Gasteiger partial charge in [0.25, 0.3) is 0 Å². The maximum absolute atomic E-state index is 13.5. The van der Waals surface area contributed by atoms with Crippen molar-refractivity contribution < 1.29 is 17.2 Å². The molecule has 1 saturated heterocycles. The lowest BCUT2D eigenvalue weighted by atomic mass is 9.91. The largest absolute Gasteiger partial charge is 0.371 e. The molecule has 0 aliphatic carbocycles. The molecule has 2 aliphatic heterocycles. The van der Waals surface area contributed by atoms with E-state index >= 15 is 0 Å². The number of benzene rings is 2. The van der Waals surface area contributed by atoms with Crippen LogP contribution in [0.5, 0.6) is 0 Å². The highest BCUT2D eigenvalue weighted by Crippen LogP contribution is 2.45. The molecule has 7 heteroatoms. The quantitative estimate of drug-likeness (QED) is 0.735. The number of fused-ring (bicyclic) bond motifs is 3. The van der Waals surface area contributed by atoms with Gasteiger partial charge in [0.2, 0.25) is 9.84 Å². The van der Waals surface area contributed by atoms with Gasteiger partial charge in [0.1, 0.15) is 0 Å². The fraction of sp³-hybridized carbons (Fsp3) is 0.400. The minimum Gasteiger partial charge on any atom is -0.371 e. The third kappa shape index (κ3) is 3.02. The van der Waals surface area contributed by atoms with Crippen LogP contribution in [-0.2, 0) is 9.84 Å².